The van der Waals surface area contributed by atoms with Crippen molar-refractivity contribution in [2.75, 3.05) is 32.6 Å². The Morgan fingerprint density at radius 3 is 2.78 bits per heavy atom. The summed E-state index contributed by atoms with van der Waals surface area (Å²) in [6.07, 6.45) is 2.35. The number of rotatable bonds is 6. The predicted molar refractivity (Wildman–Crippen MR) is 109 cm³/mol. The van der Waals surface area contributed by atoms with Gasteiger partial charge in [0.25, 0.3) is 0 Å². The Kier molecular flexibility index (Phi) is 5.40. The molecule has 0 unspecified atom stereocenters. The Balaban J connectivity index is 1.40. The van der Waals surface area contributed by atoms with Crippen molar-refractivity contribution in [2.24, 2.45) is 0 Å². The molecule has 7 heteroatoms. The number of hydrogen-bond donors (Lipinski definition) is 1. The zero-order valence-electron chi connectivity index (χ0n) is 15.6. The molecule has 1 fully saturated rings. The summed E-state index contributed by atoms with van der Waals surface area (Å²) >= 11 is 1.27. The van der Waals surface area contributed by atoms with Gasteiger partial charge in [-0.2, -0.15) is 8.75 Å². The van der Waals surface area contributed by atoms with E-state index in [1.807, 2.05) is 18.2 Å². The SMILES string of the molecule is COc1ccc(N[C@@H]2CCCN(Cc3ccc4nsnc4c3)C2)cc1OC. The van der Waals surface area contributed by atoms with E-state index in [9.17, 15) is 0 Å². The minimum Gasteiger partial charge on any atom is -0.493 e. The molecule has 1 N–H and O–H groups in total. The molecule has 1 aromatic heterocycles. The quantitative estimate of drug-likeness (QED) is 0.698. The zero-order valence-corrected chi connectivity index (χ0v) is 16.5. The number of hydrogen-bond acceptors (Lipinski definition) is 7. The van der Waals surface area contributed by atoms with Crippen LogP contribution in [0.4, 0.5) is 5.69 Å². The molecule has 1 saturated heterocycles. The molecule has 0 aliphatic carbocycles. The molecule has 1 atom stereocenters. The van der Waals surface area contributed by atoms with Gasteiger partial charge >= 0.3 is 0 Å². The maximum atomic E-state index is 5.41. The van der Waals surface area contributed by atoms with Crippen molar-refractivity contribution in [2.45, 2.75) is 25.4 Å². The number of nitrogens with one attached hydrogen (secondary N) is 1. The van der Waals surface area contributed by atoms with Gasteiger partial charge in [-0.3, -0.25) is 4.90 Å². The van der Waals surface area contributed by atoms with Crippen LogP contribution in [-0.2, 0) is 6.54 Å². The molecular weight excluding hydrogens is 360 g/mol. The molecule has 0 spiro atoms. The van der Waals surface area contributed by atoms with Crippen LogP contribution >= 0.6 is 11.7 Å². The highest BCUT2D eigenvalue weighted by molar-refractivity contribution is 7.00. The van der Waals surface area contributed by atoms with Crippen molar-refractivity contribution in [1.82, 2.24) is 13.6 Å². The van der Waals surface area contributed by atoms with Gasteiger partial charge in [0.15, 0.2) is 11.5 Å². The summed E-state index contributed by atoms with van der Waals surface area (Å²) in [7, 11) is 3.32. The van der Waals surface area contributed by atoms with Gasteiger partial charge in [0.2, 0.25) is 0 Å². The van der Waals surface area contributed by atoms with Crippen LogP contribution in [0, 0.1) is 0 Å². The van der Waals surface area contributed by atoms with Crippen LogP contribution in [0.1, 0.15) is 18.4 Å². The molecule has 0 amide bonds. The number of nitrogens with zero attached hydrogens (tertiary/aromatic N) is 3. The minimum absolute atomic E-state index is 0.418. The van der Waals surface area contributed by atoms with E-state index in [2.05, 4.69) is 37.2 Å². The standard InChI is InChI=1S/C20H24N4O2S/c1-25-19-8-6-15(11-20(19)26-2)21-16-4-3-9-24(13-16)12-14-5-7-17-18(10-14)23-27-22-17/h5-8,10-11,16,21H,3-4,9,12-13H2,1-2H3/t16-/m1/s1. The lowest BCUT2D eigenvalue weighted by molar-refractivity contribution is 0.208. The molecule has 3 aromatic rings. The van der Waals surface area contributed by atoms with Gasteiger partial charge in [-0.1, -0.05) is 6.07 Å². The highest BCUT2D eigenvalue weighted by Crippen LogP contribution is 2.30. The monoisotopic (exact) mass is 384 g/mol. The molecule has 27 heavy (non-hydrogen) atoms. The molecular formula is C20H24N4O2S. The number of methoxy groups -OCH3 is 2. The fourth-order valence-electron chi connectivity index (χ4n) is 3.66. The number of fused-ring (bicyclic) bond motifs is 1. The van der Waals surface area contributed by atoms with Crippen molar-refractivity contribution in [3.05, 3.63) is 42.0 Å². The van der Waals surface area contributed by atoms with E-state index < -0.39 is 0 Å². The number of piperidine rings is 1. The molecule has 0 bridgehead atoms. The van der Waals surface area contributed by atoms with E-state index >= 15 is 0 Å². The Morgan fingerprint density at radius 1 is 1.07 bits per heavy atom. The zero-order chi connectivity index (χ0) is 18.6. The van der Waals surface area contributed by atoms with Crippen LogP contribution in [-0.4, -0.2) is 47.0 Å². The highest BCUT2D eigenvalue weighted by atomic mass is 32.1. The molecule has 1 aliphatic rings. The van der Waals surface area contributed by atoms with E-state index in [4.69, 9.17) is 9.47 Å². The van der Waals surface area contributed by atoms with Crippen LogP contribution in [0.25, 0.3) is 11.0 Å². The van der Waals surface area contributed by atoms with Gasteiger partial charge in [0.05, 0.1) is 25.9 Å². The van der Waals surface area contributed by atoms with Crippen molar-refractivity contribution in [3.63, 3.8) is 0 Å². The summed E-state index contributed by atoms with van der Waals surface area (Å²) in [5.74, 6) is 1.50. The third-order valence-corrected chi connectivity index (χ3v) is 5.54. The van der Waals surface area contributed by atoms with Crippen LogP contribution in [0.3, 0.4) is 0 Å². The largest absolute Gasteiger partial charge is 0.493 e. The average Bonchev–Trinajstić information content (AvgIpc) is 3.16. The number of anilines is 1. The van der Waals surface area contributed by atoms with E-state index in [0.717, 1.165) is 47.9 Å². The third-order valence-electron chi connectivity index (χ3n) is 4.98. The normalized spacial score (nSPS) is 17.8. The molecule has 4 rings (SSSR count). The molecule has 2 heterocycles. The van der Waals surface area contributed by atoms with Gasteiger partial charge in [-0.05, 0) is 49.2 Å². The van der Waals surface area contributed by atoms with Gasteiger partial charge in [0.1, 0.15) is 11.0 Å². The average molecular weight is 385 g/mol. The second-order valence-corrected chi connectivity index (χ2v) is 7.40. The molecule has 142 valence electrons. The first-order valence-electron chi connectivity index (χ1n) is 9.17. The molecule has 0 radical (unpaired) electrons. The molecule has 6 nitrogen and oxygen atoms in total. The summed E-state index contributed by atoms with van der Waals surface area (Å²) in [6, 6.07) is 12.8. The van der Waals surface area contributed by atoms with Crippen molar-refractivity contribution in [1.29, 1.82) is 0 Å². The summed E-state index contributed by atoms with van der Waals surface area (Å²) in [4.78, 5) is 2.50. The Bertz CT molecular complexity index is 914. The summed E-state index contributed by atoms with van der Waals surface area (Å²) in [5, 5.41) is 3.65. The lowest BCUT2D eigenvalue weighted by Gasteiger charge is -2.33. The number of benzene rings is 2. The second kappa shape index (κ2) is 8.10. The fourth-order valence-corrected chi connectivity index (χ4v) is 4.18. The van der Waals surface area contributed by atoms with E-state index in [-0.39, 0.29) is 0 Å². The molecule has 2 aromatic carbocycles. The summed E-state index contributed by atoms with van der Waals surface area (Å²) in [5.41, 5.74) is 4.33. The first-order valence-corrected chi connectivity index (χ1v) is 9.90. The Hall–Kier alpha value is -2.38. The fraction of sp³-hybridized carbons (Fsp3) is 0.400. The van der Waals surface area contributed by atoms with Crippen LogP contribution < -0.4 is 14.8 Å². The first-order chi connectivity index (χ1) is 13.2. The molecule has 0 saturated carbocycles. The van der Waals surface area contributed by atoms with Gasteiger partial charge in [0, 0.05) is 30.9 Å². The van der Waals surface area contributed by atoms with E-state index in [1.165, 1.54) is 30.1 Å². The van der Waals surface area contributed by atoms with Gasteiger partial charge in [-0.15, -0.1) is 0 Å². The lowest BCUT2D eigenvalue weighted by Crippen LogP contribution is -2.41. The number of ether oxygens (including phenoxy) is 2. The molecule has 1 aliphatic heterocycles. The second-order valence-electron chi connectivity index (χ2n) is 6.88. The highest BCUT2D eigenvalue weighted by Gasteiger charge is 2.20. The summed E-state index contributed by atoms with van der Waals surface area (Å²) in [6.45, 7) is 3.08. The Labute approximate surface area is 163 Å². The number of likely N-dealkylation sites (tertiary alicyclic amines) is 1. The van der Waals surface area contributed by atoms with Gasteiger partial charge < -0.3 is 14.8 Å². The van der Waals surface area contributed by atoms with Crippen LogP contribution in [0.5, 0.6) is 11.5 Å². The van der Waals surface area contributed by atoms with Crippen LogP contribution in [0.2, 0.25) is 0 Å². The maximum Gasteiger partial charge on any atom is 0.162 e. The number of aromatic nitrogens is 2. The third kappa shape index (κ3) is 4.14. The smallest absolute Gasteiger partial charge is 0.162 e. The van der Waals surface area contributed by atoms with Crippen LogP contribution in [0.15, 0.2) is 36.4 Å². The van der Waals surface area contributed by atoms with Crippen molar-refractivity contribution < 1.29 is 9.47 Å². The van der Waals surface area contributed by atoms with E-state index in [1.54, 1.807) is 14.2 Å². The maximum absolute atomic E-state index is 5.41. The predicted octanol–water partition coefficient (Wildman–Crippen LogP) is 3.79. The first kappa shape index (κ1) is 18.0. The van der Waals surface area contributed by atoms with E-state index in [0.29, 0.717) is 6.04 Å². The lowest BCUT2D eigenvalue weighted by atomic mass is 10.0. The topological polar surface area (TPSA) is 59.5 Å². The minimum atomic E-state index is 0.418. The van der Waals surface area contributed by atoms with Crippen molar-refractivity contribution in [3.8, 4) is 11.5 Å². The van der Waals surface area contributed by atoms with Gasteiger partial charge in [-0.25, -0.2) is 0 Å². The van der Waals surface area contributed by atoms with Crippen molar-refractivity contribution >= 4 is 28.4 Å². The Morgan fingerprint density at radius 2 is 1.93 bits per heavy atom. The summed E-state index contributed by atoms with van der Waals surface area (Å²) < 4.78 is 19.4.